The lowest BCUT2D eigenvalue weighted by Gasteiger charge is -2.41. The highest BCUT2D eigenvalue weighted by molar-refractivity contribution is 7.54. The van der Waals surface area contributed by atoms with Crippen LogP contribution in [0.3, 0.4) is 0 Å². The minimum atomic E-state index is -4.44. The third-order valence-electron chi connectivity index (χ3n) is 3.78. The molecule has 0 N–H and O–H groups in total. The van der Waals surface area contributed by atoms with Gasteiger partial charge in [0.1, 0.15) is 0 Å². The monoisotopic (exact) mass is 314 g/mol. The van der Waals surface area contributed by atoms with Gasteiger partial charge in [-0.25, -0.2) is 9.34 Å². The van der Waals surface area contributed by atoms with Gasteiger partial charge in [-0.3, -0.25) is 9.09 Å². The summed E-state index contributed by atoms with van der Waals surface area (Å²) >= 11 is 0. The van der Waals surface area contributed by atoms with E-state index in [0.717, 1.165) is 38.5 Å². The summed E-state index contributed by atoms with van der Waals surface area (Å²) in [5, 5.41) is 0. The van der Waals surface area contributed by atoms with E-state index in [1.807, 2.05) is 0 Å². The largest absolute Gasteiger partial charge is 0.412 e. The molecule has 8 heteroatoms. The van der Waals surface area contributed by atoms with Gasteiger partial charge in [-0.15, -0.1) is 0 Å². The van der Waals surface area contributed by atoms with Crippen LogP contribution >= 0.6 is 7.67 Å². The number of hydrogen-bond acceptors (Lipinski definition) is 2. The molecule has 0 aromatic carbocycles. The molecule has 2 rings (SSSR count). The van der Waals surface area contributed by atoms with Gasteiger partial charge in [-0.05, 0) is 25.7 Å². The van der Waals surface area contributed by atoms with Crippen molar-refractivity contribution in [3.05, 3.63) is 0 Å². The molecular weight excluding hydrogens is 292 g/mol. The minimum Gasteiger partial charge on any atom is -0.296 e. The Kier molecular flexibility index (Phi) is 5.51. The zero-order valence-electron chi connectivity index (χ0n) is 11.6. The van der Waals surface area contributed by atoms with Crippen LogP contribution in [0.4, 0.5) is 13.2 Å². The second kappa shape index (κ2) is 6.77. The van der Waals surface area contributed by atoms with Crippen molar-refractivity contribution in [1.82, 2.24) is 9.34 Å². The van der Waals surface area contributed by atoms with Gasteiger partial charge >= 0.3 is 13.8 Å². The van der Waals surface area contributed by atoms with E-state index in [4.69, 9.17) is 4.52 Å². The highest BCUT2D eigenvalue weighted by Gasteiger charge is 2.43. The van der Waals surface area contributed by atoms with Crippen LogP contribution in [-0.4, -0.2) is 48.3 Å². The summed E-state index contributed by atoms with van der Waals surface area (Å²) in [6.07, 6.45) is 1.10. The molecule has 0 spiro atoms. The molecule has 0 aliphatic carbocycles. The molecule has 118 valence electrons. The van der Waals surface area contributed by atoms with Gasteiger partial charge < -0.3 is 0 Å². The summed E-state index contributed by atoms with van der Waals surface area (Å²) in [6, 6.07) is 0. The van der Waals surface area contributed by atoms with E-state index in [2.05, 4.69) is 0 Å². The van der Waals surface area contributed by atoms with E-state index < -0.39 is 20.5 Å². The van der Waals surface area contributed by atoms with Gasteiger partial charge in [-0.1, -0.05) is 12.8 Å². The zero-order valence-corrected chi connectivity index (χ0v) is 12.5. The fourth-order valence-electron chi connectivity index (χ4n) is 2.76. The third-order valence-corrected chi connectivity index (χ3v) is 6.47. The Labute approximate surface area is 117 Å². The van der Waals surface area contributed by atoms with E-state index in [1.54, 1.807) is 9.34 Å². The highest BCUT2D eigenvalue weighted by Crippen LogP contribution is 2.56. The number of piperidine rings is 2. The molecule has 0 saturated carbocycles. The first-order valence-corrected chi connectivity index (χ1v) is 8.77. The second-order valence-corrected chi connectivity index (χ2v) is 7.78. The molecule has 4 nitrogen and oxygen atoms in total. The van der Waals surface area contributed by atoms with Crippen molar-refractivity contribution in [3.63, 3.8) is 0 Å². The molecule has 2 aliphatic rings. The summed E-state index contributed by atoms with van der Waals surface area (Å²) in [5.74, 6) is 0. The van der Waals surface area contributed by atoms with Gasteiger partial charge in [0.25, 0.3) is 0 Å². The van der Waals surface area contributed by atoms with Crippen molar-refractivity contribution in [2.75, 3.05) is 32.8 Å². The molecule has 0 amide bonds. The van der Waals surface area contributed by atoms with Crippen LogP contribution < -0.4 is 0 Å². The number of rotatable bonds is 4. The molecule has 2 saturated heterocycles. The number of halogens is 3. The summed E-state index contributed by atoms with van der Waals surface area (Å²) in [4.78, 5) is 0. The molecule has 0 aromatic heterocycles. The smallest absolute Gasteiger partial charge is 0.296 e. The molecule has 2 heterocycles. The fraction of sp³-hybridized carbons (Fsp3) is 1.00. The van der Waals surface area contributed by atoms with E-state index in [1.165, 1.54) is 0 Å². The predicted molar refractivity (Wildman–Crippen MR) is 70.5 cm³/mol. The maximum Gasteiger partial charge on any atom is 0.412 e. The first-order valence-electron chi connectivity index (χ1n) is 7.24. The zero-order chi connectivity index (χ0) is 14.6. The highest BCUT2D eigenvalue weighted by atomic mass is 31.2. The summed E-state index contributed by atoms with van der Waals surface area (Å²) in [7, 11) is -3.52. The Morgan fingerprint density at radius 1 is 0.850 bits per heavy atom. The van der Waals surface area contributed by atoms with Gasteiger partial charge in [0, 0.05) is 26.2 Å². The Bertz CT molecular complexity index is 331. The Morgan fingerprint density at radius 3 is 1.60 bits per heavy atom. The molecular formula is C12H22F3N2O2P. The van der Waals surface area contributed by atoms with E-state index in [-0.39, 0.29) is 0 Å². The van der Waals surface area contributed by atoms with E-state index in [0.29, 0.717) is 26.2 Å². The quantitative estimate of drug-likeness (QED) is 0.742. The summed E-state index contributed by atoms with van der Waals surface area (Å²) in [5.41, 5.74) is 0. The number of hydrogen-bond donors (Lipinski definition) is 0. The summed E-state index contributed by atoms with van der Waals surface area (Å²) < 4.78 is 58.7. The number of nitrogens with zero attached hydrogens (tertiary/aromatic N) is 2. The lowest BCUT2D eigenvalue weighted by molar-refractivity contribution is -0.155. The van der Waals surface area contributed by atoms with Crippen molar-refractivity contribution in [3.8, 4) is 0 Å². The van der Waals surface area contributed by atoms with Crippen molar-refractivity contribution in [1.29, 1.82) is 0 Å². The molecule has 0 unspecified atom stereocenters. The number of alkyl halides is 3. The van der Waals surface area contributed by atoms with Gasteiger partial charge in [0.05, 0.1) is 0 Å². The summed E-state index contributed by atoms with van der Waals surface area (Å²) in [6.45, 7) is 0.811. The molecule has 0 atom stereocenters. The Morgan fingerprint density at radius 2 is 1.25 bits per heavy atom. The predicted octanol–water partition coefficient (Wildman–Crippen LogP) is 3.65. The average Bonchev–Trinajstić information content (AvgIpc) is 2.46. The minimum absolute atomic E-state index is 0.561. The molecule has 20 heavy (non-hydrogen) atoms. The van der Waals surface area contributed by atoms with Crippen LogP contribution in [0, 0.1) is 0 Å². The van der Waals surface area contributed by atoms with Crippen molar-refractivity contribution < 1.29 is 22.3 Å². The molecule has 0 radical (unpaired) electrons. The van der Waals surface area contributed by atoms with Gasteiger partial charge in [-0.2, -0.15) is 13.2 Å². The van der Waals surface area contributed by atoms with Crippen molar-refractivity contribution in [2.24, 2.45) is 0 Å². The Hall–Kier alpha value is -0.100. The first kappa shape index (κ1) is 16.3. The van der Waals surface area contributed by atoms with Crippen molar-refractivity contribution in [2.45, 2.75) is 44.7 Å². The molecule has 0 aromatic rings. The van der Waals surface area contributed by atoms with Crippen LogP contribution in [0.2, 0.25) is 0 Å². The van der Waals surface area contributed by atoms with Crippen LogP contribution in [0.1, 0.15) is 38.5 Å². The SMILES string of the molecule is O=P(OCC(F)(F)F)(N1CCCCC1)N1CCCCC1. The van der Waals surface area contributed by atoms with Gasteiger partial charge in [0.15, 0.2) is 6.61 Å². The van der Waals surface area contributed by atoms with Crippen LogP contribution in [0.15, 0.2) is 0 Å². The molecule has 0 bridgehead atoms. The Balaban J connectivity index is 2.10. The third kappa shape index (κ3) is 4.20. The van der Waals surface area contributed by atoms with Gasteiger partial charge in [0.2, 0.25) is 0 Å². The van der Waals surface area contributed by atoms with E-state index >= 15 is 0 Å². The standard InChI is InChI=1S/C12H22F3N2O2P/c13-12(14,15)11-19-20(18,16-7-3-1-4-8-16)17-9-5-2-6-10-17/h1-11H2. The maximum atomic E-state index is 13.1. The molecule has 2 fully saturated rings. The average molecular weight is 314 g/mol. The van der Waals surface area contributed by atoms with Crippen LogP contribution in [0.5, 0.6) is 0 Å². The lowest BCUT2D eigenvalue weighted by Crippen LogP contribution is -2.39. The topological polar surface area (TPSA) is 32.8 Å². The van der Waals surface area contributed by atoms with Crippen molar-refractivity contribution >= 4 is 7.67 Å². The van der Waals surface area contributed by atoms with Crippen LogP contribution in [0.25, 0.3) is 0 Å². The lowest BCUT2D eigenvalue weighted by atomic mass is 10.2. The molecule has 2 aliphatic heterocycles. The maximum absolute atomic E-state index is 13.1. The van der Waals surface area contributed by atoms with E-state index in [9.17, 15) is 17.7 Å². The van der Waals surface area contributed by atoms with Crippen LogP contribution in [-0.2, 0) is 9.09 Å². The second-order valence-electron chi connectivity index (χ2n) is 5.41. The normalized spacial score (nSPS) is 23.9. The fourth-order valence-corrected chi connectivity index (χ4v) is 5.33. The first-order chi connectivity index (χ1) is 9.42.